The summed E-state index contributed by atoms with van der Waals surface area (Å²) in [4.78, 5) is -0.475. The van der Waals surface area contributed by atoms with Crippen molar-refractivity contribution < 1.29 is 39.5 Å². The summed E-state index contributed by atoms with van der Waals surface area (Å²) >= 11 is -0.396. The molecular formula is C24H22F6N2O3S2. The molecule has 37 heavy (non-hydrogen) atoms. The molecule has 1 aliphatic rings. The molecule has 2 heterocycles. The van der Waals surface area contributed by atoms with E-state index in [1.54, 1.807) is 30.3 Å². The Bertz CT molecular complexity index is 1360. The van der Waals surface area contributed by atoms with Crippen LogP contribution in [0.25, 0.3) is 0 Å². The van der Waals surface area contributed by atoms with Gasteiger partial charge in [-0.15, -0.1) is 0 Å². The number of hydrogen-bond donors (Lipinski definition) is 0. The van der Waals surface area contributed by atoms with Gasteiger partial charge in [-0.05, 0) is 49.6 Å². The fourth-order valence-corrected chi connectivity index (χ4v) is 6.63. The molecule has 2 unspecified atom stereocenters. The summed E-state index contributed by atoms with van der Waals surface area (Å²) in [6, 6.07) is 13.6. The summed E-state index contributed by atoms with van der Waals surface area (Å²) in [5.74, 6) is 0. The first kappa shape index (κ1) is 27.5. The highest BCUT2D eigenvalue weighted by Crippen LogP contribution is 2.44. The second kappa shape index (κ2) is 9.99. The van der Waals surface area contributed by atoms with Crippen molar-refractivity contribution in [2.75, 3.05) is 6.61 Å². The average molecular weight is 565 g/mol. The monoisotopic (exact) mass is 564 g/mol. The fraction of sp³-hybridized carbons (Fsp3) is 0.375. The van der Waals surface area contributed by atoms with E-state index in [1.807, 2.05) is 0 Å². The molecule has 0 aliphatic carbocycles. The first-order valence-corrected chi connectivity index (χ1v) is 13.4. The van der Waals surface area contributed by atoms with Gasteiger partial charge in [-0.25, -0.2) is 8.42 Å². The number of thioether (sulfide) groups is 1. The molecule has 1 saturated heterocycles. The van der Waals surface area contributed by atoms with Gasteiger partial charge in [0.1, 0.15) is 11.1 Å². The highest BCUT2D eigenvalue weighted by Gasteiger charge is 2.46. The van der Waals surface area contributed by atoms with E-state index in [4.69, 9.17) is 4.74 Å². The SMILES string of the molecule is CC1(S(=O)(=O)c2cccc(C(F)(F)F)c2)CCOC(c2cc(SC(F)(F)F)nn2Cc2ccccc2)C1. The van der Waals surface area contributed by atoms with Gasteiger partial charge < -0.3 is 4.74 Å². The van der Waals surface area contributed by atoms with Crippen LogP contribution in [0.5, 0.6) is 0 Å². The molecule has 0 radical (unpaired) electrons. The molecule has 0 bridgehead atoms. The van der Waals surface area contributed by atoms with Crippen molar-refractivity contribution in [3.8, 4) is 0 Å². The van der Waals surface area contributed by atoms with Gasteiger partial charge in [0.2, 0.25) is 0 Å². The molecule has 0 saturated carbocycles. The van der Waals surface area contributed by atoms with Gasteiger partial charge in [0.25, 0.3) is 0 Å². The lowest BCUT2D eigenvalue weighted by atomic mass is 9.94. The average Bonchev–Trinajstić information content (AvgIpc) is 3.19. The zero-order chi connectivity index (χ0) is 27.1. The van der Waals surface area contributed by atoms with E-state index in [-0.39, 0.29) is 36.7 Å². The standard InChI is InChI=1S/C24H22F6N2O3S2/c1-22(37(33,34)18-9-5-8-17(12-18)23(25,26)27)10-11-35-20(14-22)19-13-21(36-24(28,29)30)31-32(19)15-16-6-3-2-4-7-16/h2-9,12-13,20H,10-11,14-15H2,1H3. The Hall–Kier alpha value is -2.51. The maximum atomic E-state index is 13.5. The van der Waals surface area contributed by atoms with Crippen LogP contribution in [0.4, 0.5) is 26.3 Å². The lowest BCUT2D eigenvalue weighted by Gasteiger charge is -2.37. The zero-order valence-electron chi connectivity index (χ0n) is 19.4. The molecule has 13 heteroatoms. The lowest BCUT2D eigenvalue weighted by molar-refractivity contribution is -0.137. The van der Waals surface area contributed by atoms with E-state index < -0.39 is 54.6 Å². The topological polar surface area (TPSA) is 61.2 Å². The Labute approximate surface area is 213 Å². The molecule has 2 atom stereocenters. The van der Waals surface area contributed by atoms with Crippen molar-refractivity contribution >= 4 is 21.6 Å². The Kier molecular flexibility index (Phi) is 7.43. The third-order valence-electron chi connectivity index (χ3n) is 6.20. The molecule has 1 aromatic heterocycles. The van der Waals surface area contributed by atoms with E-state index >= 15 is 0 Å². The van der Waals surface area contributed by atoms with Crippen LogP contribution in [-0.2, 0) is 27.3 Å². The van der Waals surface area contributed by atoms with Crippen LogP contribution < -0.4 is 0 Å². The molecule has 3 aromatic rings. The second-order valence-corrected chi connectivity index (χ2v) is 12.4. The molecule has 5 nitrogen and oxygen atoms in total. The minimum atomic E-state index is -4.72. The van der Waals surface area contributed by atoms with Crippen LogP contribution in [0.3, 0.4) is 0 Å². The quantitative estimate of drug-likeness (QED) is 0.248. The van der Waals surface area contributed by atoms with Crippen LogP contribution in [0, 0.1) is 0 Å². The highest BCUT2D eigenvalue weighted by molar-refractivity contribution is 8.00. The molecule has 1 aliphatic heterocycles. The Morgan fingerprint density at radius 1 is 1.05 bits per heavy atom. The number of halogens is 6. The third-order valence-corrected chi connectivity index (χ3v) is 9.38. The van der Waals surface area contributed by atoms with Gasteiger partial charge >= 0.3 is 11.7 Å². The molecule has 0 spiro atoms. The molecule has 200 valence electrons. The van der Waals surface area contributed by atoms with Crippen molar-refractivity contribution in [3.05, 3.63) is 77.5 Å². The third kappa shape index (κ3) is 6.15. The van der Waals surface area contributed by atoms with E-state index in [0.29, 0.717) is 6.07 Å². The van der Waals surface area contributed by atoms with Crippen molar-refractivity contribution in [2.45, 2.75) is 58.8 Å². The van der Waals surface area contributed by atoms with Gasteiger partial charge in [0.05, 0.1) is 27.4 Å². The smallest absolute Gasteiger partial charge is 0.372 e. The number of benzene rings is 2. The van der Waals surface area contributed by atoms with E-state index in [9.17, 15) is 34.8 Å². The number of rotatable bonds is 6. The number of hydrogen-bond acceptors (Lipinski definition) is 5. The first-order valence-electron chi connectivity index (χ1n) is 11.1. The largest absolute Gasteiger partial charge is 0.447 e. The second-order valence-electron chi connectivity index (χ2n) is 8.89. The summed E-state index contributed by atoms with van der Waals surface area (Å²) in [6.45, 7) is 1.48. The molecule has 2 aromatic carbocycles. The summed E-state index contributed by atoms with van der Waals surface area (Å²) in [7, 11) is -4.27. The Morgan fingerprint density at radius 3 is 2.41 bits per heavy atom. The zero-order valence-corrected chi connectivity index (χ0v) is 21.0. The van der Waals surface area contributed by atoms with Gasteiger partial charge in [-0.3, -0.25) is 4.68 Å². The van der Waals surface area contributed by atoms with Gasteiger partial charge in [0.15, 0.2) is 9.84 Å². The normalized spacial score (nSPS) is 21.2. The molecule has 1 fully saturated rings. The summed E-state index contributed by atoms with van der Waals surface area (Å²) in [5, 5.41) is 3.75. The number of alkyl halides is 6. The summed E-state index contributed by atoms with van der Waals surface area (Å²) in [5.41, 5.74) is -4.67. The van der Waals surface area contributed by atoms with Crippen LogP contribution in [-0.4, -0.2) is 35.1 Å². The fourth-order valence-electron chi connectivity index (χ4n) is 4.25. The predicted molar refractivity (Wildman–Crippen MR) is 125 cm³/mol. The van der Waals surface area contributed by atoms with Crippen molar-refractivity contribution in [1.29, 1.82) is 0 Å². The summed E-state index contributed by atoms with van der Waals surface area (Å²) in [6.07, 6.45) is -5.85. The van der Waals surface area contributed by atoms with Gasteiger partial charge in [0, 0.05) is 18.4 Å². The lowest BCUT2D eigenvalue weighted by Crippen LogP contribution is -2.42. The number of aromatic nitrogens is 2. The maximum absolute atomic E-state index is 13.5. The maximum Gasteiger partial charge on any atom is 0.447 e. The van der Waals surface area contributed by atoms with Crippen LogP contribution in [0.15, 0.2) is 70.6 Å². The van der Waals surface area contributed by atoms with Crippen LogP contribution in [0.1, 0.15) is 42.7 Å². The Balaban J connectivity index is 1.69. The number of ether oxygens (including phenoxy) is 1. The molecule has 0 N–H and O–H groups in total. The first-order chi connectivity index (χ1) is 17.2. The summed E-state index contributed by atoms with van der Waals surface area (Å²) < 4.78 is 111. The van der Waals surface area contributed by atoms with E-state index in [1.165, 1.54) is 17.7 Å². The van der Waals surface area contributed by atoms with Crippen molar-refractivity contribution in [2.24, 2.45) is 0 Å². The van der Waals surface area contributed by atoms with Crippen LogP contribution in [0.2, 0.25) is 0 Å². The highest BCUT2D eigenvalue weighted by atomic mass is 32.2. The predicted octanol–water partition coefficient (Wildman–Crippen LogP) is 6.65. The van der Waals surface area contributed by atoms with E-state index in [2.05, 4.69) is 5.10 Å². The minimum absolute atomic E-state index is 0.000933. The number of sulfone groups is 1. The van der Waals surface area contributed by atoms with Crippen LogP contribution >= 0.6 is 11.8 Å². The molecule has 0 amide bonds. The van der Waals surface area contributed by atoms with Crippen molar-refractivity contribution in [3.63, 3.8) is 0 Å². The van der Waals surface area contributed by atoms with Crippen molar-refractivity contribution in [1.82, 2.24) is 9.78 Å². The van der Waals surface area contributed by atoms with Gasteiger partial charge in [-0.2, -0.15) is 31.4 Å². The molecule has 4 rings (SSSR count). The van der Waals surface area contributed by atoms with Gasteiger partial charge in [-0.1, -0.05) is 36.4 Å². The van der Waals surface area contributed by atoms with E-state index in [0.717, 1.165) is 23.8 Å². The molecular weight excluding hydrogens is 542 g/mol. The Morgan fingerprint density at radius 2 is 1.76 bits per heavy atom. The number of nitrogens with zero attached hydrogens (tertiary/aromatic N) is 2. The minimum Gasteiger partial charge on any atom is -0.372 e.